The second-order valence-corrected chi connectivity index (χ2v) is 7.60. The molecule has 0 saturated carbocycles. The fraction of sp³-hybridized carbons (Fsp3) is 0.312. The van der Waals surface area contributed by atoms with E-state index in [9.17, 15) is 14.9 Å². The summed E-state index contributed by atoms with van der Waals surface area (Å²) >= 11 is 2.77. The maximum absolute atomic E-state index is 12.0. The third kappa shape index (κ3) is 3.28. The van der Waals surface area contributed by atoms with Gasteiger partial charge < -0.3 is 10.1 Å². The number of amides is 1. The first-order valence-electron chi connectivity index (χ1n) is 7.16. The summed E-state index contributed by atoms with van der Waals surface area (Å²) in [5.41, 5.74) is 1.61. The fourth-order valence-corrected chi connectivity index (χ4v) is 4.54. The lowest BCUT2D eigenvalue weighted by atomic mass is 10.1. The van der Waals surface area contributed by atoms with E-state index in [0.717, 1.165) is 29.7 Å². The van der Waals surface area contributed by atoms with Gasteiger partial charge in [-0.3, -0.25) is 4.79 Å². The first kappa shape index (κ1) is 15.7. The molecular formula is C16H14N2O3S2. The molecule has 7 heteroatoms. The molecule has 2 heterocycles. The number of anilines is 1. The first-order chi connectivity index (χ1) is 11.1. The summed E-state index contributed by atoms with van der Waals surface area (Å²) in [6, 6.07) is 5.67. The molecule has 0 aromatic carbocycles. The molecule has 0 spiro atoms. The van der Waals surface area contributed by atoms with Crippen LogP contribution < -0.4 is 5.32 Å². The topological polar surface area (TPSA) is 79.2 Å². The Bertz CT molecular complexity index is 814. The molecule has 1 amide bonds. The Morgan fingerprint density at radius 3 is 2.87 bits per heavy atom. The van der Waals surface area contributed by atoms with Gasteiger partial charge in [-0.2, -0.15) is 5.26 Å². The lowest BCUT2D eigenvalue weighted by Crippen LogP contribution is -2.20. The number of hydrogen-bond donors (Lipinski definition) is 1. The van der Waals surface area contributed by atoms with Crippen molar-refractivity contribution in [3.63, 3.8) is 0 Å². The highest BCUT2D eigenvalue weighted by Crippen LogP contribution is 2.38. The van der Waals surface area contributed by atoms with Gasteiger partial charge >= 0.3 is 5.97 Å². The minimum absolute atomic E-state index is 0.358. The number of thiophene rings is 2. The van der Waals surface area contributed by atoms with Gasteiger partial charge in [0, 0.05) is 9.75 Å². The Hall–Kier alpha value is -2.17. The van der Waals surface area contributed by atoms with E-state index in [0.29, 0.717) is 15.4 Å². The molecule has 1 N–H and O–H groups in total. The van der Waals surface area contributed by atoms with E-state index in [-0.39, 0.29) is 6.61 Å². The van der Waals surface area contributed by atoms with Gasteiger partial charge in [0.1, 0.15) is 15.9 Å². The number of nitrogens with zero attached hydrogens (tertiary/aromatic N) is 1. The molecule has 0 aliphatic heterocycles. The first-order valence-corrected chi connectivity index (χ1v) is 8.80. The van der Waals surface area contributed by atoms with Crippen molar-refractivity contribution >= 4 is 39.6 Å². The van der Waals surface area contributed by atoms with E-state index in [1.807, 2.05) is 13.0 Å². The molecule has 1 aliphatic carbocycles. The van der Waals surface area contributed by atoms with Crippen molar-refractivity contribution in [1.29, 1.82) is 5.26 Å². The van der Waals surface area contributed by atoms with Crippen LogP contribution in [0.15, 0.2) is 12.1 Å². The Labute approximate surface area is 141 Å². The van der Waals surface area contributed by atoms with Crippen LogP contribution in [0.4, 0.5) is 5.00 Å². The molecule has 118 valence electrons. The van der Waals surface area contributed by atoms with Crippen molar-refractivity contribution in [3.05, 3.63) is 37.9 Å². The summed E-state index contributed by atoms with van der Waals surface area (Å²) in [5.74, 6) is -0.935. The molecule has 5 nitrogen and oxygen atoms in total. The molecule has 2 aromatic heterocycles. The number of nitriles is 1. The van der Waals surface area contributed by atoms with E-state index in [4.69, 9.17) is 4.74 Å². The summed E-state index contributed by atoms with van der Waals surface area (Å²) in [5, 5.41) is 12.5. The normalized spacial score (nSPS) is 12.5. The SMILES string of the molecule is Cc1ccc(C(=O)OCC(=O)Nc2sc3c(c2C#N)CCC3)s1. The van der Waals surface area contributed by atoms with E-state index in [1.165, 1.54) is 27.6 Å². The van der Waals surface area contributed by atoms with Crippen LogP contribution >= 0.6 is 22.7 Å². The molecular weight excluding hydrogens is 332 g/mol. The second-order valence-electron chi connectivity index (χ2n) is 5.21. The van der Waals surface area contributed by atoms with Crippen molar-refractivity contribution in [2.75, 3.05) is 11.9 Å². The highest BCUT2D eigenvalue weighted by atomic mass is 32.1. The average molecular weight is 346 g/mol. The molecule has 0 bridgehead atoms. The van der Waals surface area contributed by atoms with Gasteiger partial charge in [-0.05, 0) is 43.9 Å². The van der Waals surface area contributed by atoms with Gasteiger partial charge in [0.15, 0.2) is 6.61 Å². The molecule has 2 aromatic rings. The predicted octanol–water partition coefficient (Wildman–Crippen LogP) is 3.27. The highest BCUT2D eigenvalue weighted by molar-refractivity contribution is 7.16. The van der Waals surface area contributed by atoms with Crippen LogP contribution in [0.5, 0.6) is 0 Å². The number of ether oxygens (including phenoxy) is 1. The minimum atomic E-state index is -0.507. The van der Waals surface area contributed by atoms with Crippen molar-refractivity contribution in [2.45, 2.75) is 26.2 Å². The molecule has 0 fully saturated rings. The number of rotatable bonds is 4. The summed E-state index contributed by atoms with van der Waals surface area (Å²) in [7, 11) is 0. The number of carbonyl (C=O) groups excluding carboxylic acids is 2. The number of esters is 1. The van der Waals surface area contributed by atoms with Crippen LogP contribution in [-0.2, 0) is 22.4 Å². The molecule has 0 saturated heterocycles. The van der Waals surface area contributed by atoms with E-state index in [1.54, 1.807) is 6.07 Å². The molecule has 1 aliphatic rings. The second kappa shape index (κ2) is 6.52. The molecule has 3 rings (SSSR count). The summed E-state index contributed by atoms with van der Waals surface area (Å²) in [4.78, 5) is 26.4. The lowest BCUT2D eigenvalue weighted by Gasteiger charge is -2.05. The maximum atomic E-state index is 12.0. The number of aryl methyl sites for hydroxylation is 2. The Morgan fingerprint density at radius 1 is 1.35 bits per heavy atom. The van der Waals surface area contributed by atoms with E-state index >= 15 is 0 Å². The van der Waals surface area contributed by atoms with Gasteiger partial charge in [0.05, 0.1) is 5.56 Å². The summed E-state index contributed by atoms with van der Waals surface area (Å²) in [6.07, 6.45) is 2.90. The zero-order chi connectivity index (χ0) is 16.4. The van der Waals surface area contributed by atoms with Gasteiger partial charge in [-0.1, -0.05) is 0 Å². The van der Waals surface area contributed by atoms with Crippen molar-refractivity contribution in [1.82, 2.24) is 0 Å². The standard InChI is InChI=1S/C16H14N2O3S2/c1-9-5-6-13(22-9)16(20)21-8-14(19)18-15-11(7-17)10-3-2-4-12(10)23-15/h5-6H,2-4,8H2,1H3,(H,18,19). The third-order valence-corrected chi connectivity index (χ3v) is 5.75. The zero-order valence-corrected chi connectivity index (χ0v) is 14.1. The van der Waals surface area contributed by atoms with Crippen LogP contribution in [0, 0.1) is 18.3 Å². The molecule has 0 atom stereocenters. The van der Waals surface area contributed by atoms with Crippen LogP contribution in [0.3, 0.4) is 0 Å². The Morgan fingerprint density at radius 2 is 2.17 bits per heavy atom. The van der Waals surface area contributed by atoms with Crippen LogP contribution in [0.2, 0.25) is 0 Å². The zero-order valence-electron chi connectivity index (χ0n) is 12.5. The quantitative estimate of drug-likeness (QED) is 0.862. The van der Waals surface area contributed by atoms with Crippen LogP contribution in [0.1, 0.15) is 37.0 Å². The van der Waals surface area contributed by atoms with Crippen LogP contribution in [0.25, 0.3) is 0 Å². The van der Waals surface area contributed by atoms with Gasteiger partial charge in [-0.15, -0.1) is 22.7 Å². The third-order valence-electron chi connectivity index (χ3n) is 3.56. The monoisotopic (exact) mass is 346 g/mol. The number of fused-ring (bicyclic) bond motifs is 1. The Balaban J connectivity index is 1.60. The number of carbonyl (C=O) groups is 2. The predicted molar refractivity (Wildman–Crippen MR) is 89.0 cm³/mol. The summed E-state index contributed by atoms with van der Waals surface area (Å²) < 4.78 is 5.01. The van der Waals surface area contributed by atoms with Gasteiger partial charge in [0.2, 0.25) is 0 Å². The number of hydrogen-bond acceptors (Lipinski definition) is 6. The molecule has 23 heavy (non-hydrogen) atoms. The van der Waals surface area contributed by atoms with Gasteiger partial charge in [-0.25, -0.2) is 4.79 Å². The largest absolute Gasteiger partial charge is 0.451 e. The van der Waals surface area contributed by atoms with Crippen molar-refractivity contribution in [3.8, 4) is 6.07 Å². The highest BCUT2D eigenvalue weighted by Gasteiger charge is 2.23. The molecule has 0 radical (unpaired) electrons. The van der Waals surface area contributed by atoms with Crippen molar-refractivity contribution < 1.29 is 14.3 Å². The van der Waals surface area contributed by atoms with Gasteiger partial charge in [0.25, 0.3) is 5.91 Å². The summed E-state index contributed by atoms with van der Waals surface area (Å²) in [6.45, 7) is 1.54. The minimum Gasteiger partial charge on any atom is -0.451 e. The van der Waals surface area contributed by atoms with Crippen LogP contribution in [-0.4, -0.2) is 18.5 Å². The smallest absolute Gasteiger partial charge is 0.348 e. The average Bonchev–Trinajstić information content (AvgIpc) is 3.20. The lowest BCUT2D eigenvalue weighted by molar-refractivity contribution is -0.119. The van der Waals surface area contributed by atoms with E-state index in [2.05, 4.69) is 11.4 Å². The Kier molecular flexibility index (Phi) is 4.46. The maximum Gasteiger partial charge on any atom is 0.348 e. The number of nitrogens with one attached hydrogen (secondary N) is 1. The van der Waals surface area contributed by atoms with Crippen molar-refractivity contribution in [2.24, 2.45) is 0 Å². The van der Waals surface area contributed by atoms with E-state index < -0.39 is 11.9 Å². The fourth-order valence-electron chi connectivity index (χ4n) is 2.52. The molecule has 0 unspecified atom stereocenters.